The van der Waals surface area contributed by atoms with Crippen LogP contribution >= 0.6 is 23.2 Å². The third-order valence-electron chi connectivity index (χ3n) is 5.15. The van der Waals surface area contributed by atoms with Gasteiger partial charge in [-0.3, -0.25) is 19.5 Å². The Morgan fingerprint density at radius 3 is 2.48 bits per heavy atom. The molecule has 2 heterocycles. The van der Waals surface area contributed by atoms with Crippen LogP contribution in [-0.4, -0.2) is 28.9 Å². The van der Waals surface area contributed by atoms with Gasteiger partial charge in [-0.2, -0.15) is 5.26 Å². The Bertz CT molecular complexity index is 1330. The number of benzene rings is 2. The first-order valence-corrected chi connectivity index (χ1v) is 10.4. The summed E-state index contributed by atoms with van der Waals surface area (Å²) in [6, 6.07) is 15.0. The summed E-state index contributed by atoms with van der Waals surface area (Å²) < 4.78 is 5.31. The number of methoxy groups -OCH3 is 1. The SMILES string of the molecule is COc1c(Cl)cc(Cl)cc1/C(O)=C1\C(=O)C(=O)N(c2ccc(C#N)cc2)C1c1ccccn1. The van der Waals surface area contributed by atoms with Crippen LogP contribution in [0.5, 0.6) is 5.75 Å². The van der Waals surface area contributed by atoms with Gasteiger partial charge in [0.1, 0.15) is 17.6 Å². The zero-order valence-electron chi connectivity index (χ0n) is 17.1. The number of rotatable bonds is 4. The van der Waals surface area contributed by atoms with Gasteiger partial charge in [-0.15, -0.1) is 0 Å². The van der Waals surface area contributed by atoms with E-state index < -0.39 is 23.5 Å². The van der Waals surface area contributed by atoms with E-state index in [0.717, 1.165) is 0 Å². The molecule has 9 heteroatoms. The third kappa shape index (κ3) is 3.91. The zero-order chi connectivity index (χ0) is 23.7. The van der Waals surface area contributed by atoms with E-state index in [-0.39, 0.29) is 26.9 Å². The van der Waals surface area contributed by atoms with Crippen LogP contribution in [0.15, 0.2) is 66.4 Å². The molecule has 7 nitrogen and oxygen atoms in total. The fraction of sp³-hybridized carbons (Fsp3) is 0.0833. The first kappa shape index (κ1) is 22.3. The fourth-order valence-corrected chi connectivity index (χ4v) is 4.27. The fourth-order valence-electron chi connectivity index (χ4n) is 3.70. The van der Waals surface area contributed by atoms with Crippen molar-refractivity contribution < 1.29 is 19.4 Å². The molecule has 1 aromatic heterocycles. The number of aliphatic hydroxyl groups is 1. The lowest BCUT2D eigenvalue weighted by Gasteiger charge is -2.24. The number of ether oxygens (including phenoxy) is 1. The largest absolute Gasteiger partial charge is 0.507 e. The molecular weight excluding hydrogens is 465 g/mol. The number of carbonyl (C=O) groups is 2. The van der Waals surface area contributed by atoms with Crippen molar-refractivity contribution in [3.63, 3.8) is 0 Å². The number of hydrogen-bond donors (Lipinski definition) is 1. The Morgan fingerprint density at radius 1 is 1.15 bits per heavy atom. The van der Waals surface area contributed by atoms with Crippen LogP contribution in [0.3, 0.4) is 0 Å². The minimum absolute atomic E-state index is 0.0637. The molecule has 0 bridgehead atoms. The molecule has 1 aliphatic rings. The quantitative estimate of drug-likeness (QED) is 0.324. The van der Waals surface area contributed by atoms with Crippen molar-refractivity contribution in [3.05, 3.63) is 93.2 Å². The maximum absolute atomic E-state index is 13.2. The normalized spacial score (nSPS) is 17.2. The topological polar surface area (TPSA) is 104 Å². The van der Waals surface area contributed by atoms with Crippen molar-refractivity contribution in [1.82, 2.24) is 4.98 Å². The van der Waals surface area contributed by atoms with Gasteiger partial charge in [0.05, 0.1) is 40.6 Å². The van der Waals surface area contributed by atoms with Crippen LogP contribution in [0.2, 0.25) is 10.0 Å². The van der Waals surface area contributed by atoms with Crippen molar-refractivity contribution in [2.24, 2.45) is 0 Å². The van der Waals surface area contributed by atoms with Crippen molar-refractivity contribution in [3.8, 4) is 11.8 Å². The lowest BCUT2D eigenvalue weighted by Crippen LogP contribution is -2.29. The van der Waals surface area contributed by atoms with Gasteiger partial charge in [-0.25, -0.2) is 0 Å². The van der Waals surface area contributed by atoms with Gasteiger partial charge in [-0.1, -0.05) is 29.3 Å². The molecule has 0 saturated carbocycles. The first-order chi connectivity index (χ1) is 15.9. The van der Waals surface area contributed by atoms with E-state index >= 15 is 0 Å². The van der Waals surface area contributed by atoms with Crippen LogP contribution < -0.4 is 9.64 Å². The highest BCUT2D eigenvalue weighted by Crippen LogP contribution is 2.44. The van der Waals surface area contributed by atoms with E-state index in [4.69, 9.17) is 33.2 Å². The number of Topliss-reactive ketones (excluding diaryl/α,β-unsaturated/α-hetero) is 1. The summed E-state index contributed by atoms with van der Waals surface area (Å²) in [5, 5.41) is 20.7. The molecule has 1 fully saturated rings. The number of ketones is 1. The summed E-state index contributed by atoms with van der Waals surface area (Å²) in [4.78, 5) is 31.9. The summed E-state index contributed by atoms with van der Waals surface area (Å²) >= 11 is 12.3. The number of pyridine rings is 1. The minimum Gasteiger partial charge on any atom is -0.507 e. The van der Waals surface area contributed by atoms with E-state index in [1.165, 1.54) is 42.5 Å². The van der Waals surface area contributed by atoms with Crippen molar-refractivity contribution in [2.75, 3.05) is 12.0 Å². The van der Waals surface area contributed by atoms with Crippen molar-refractivity contribution in [1.29, 1.82) is 5.26 Å². The van der Waals surface area contributed by atoms with Crippen molar-refractivity contribution in [2.45, 2.75) is 6.04 Å². The van der Waals surface area contributed by atoms with Crippen molar-refractivity contribution >= 4 is 46.3 Å². The van der Waals surface area contributed by atoms with Gasteiger partial charge in [0.15, 0.2) is 0 Å². The molecule has 1 unspecified atom stereocenters. The number of amides is 1. The molecule has 1 saturated heterocycles. The summed E-state index contributed by atoms with van der Waals surface area (Å²) in [5.74, 6) is -2.17. The maximum Gasteiger partial charge on any atom is 0.300 e. The van der Waals surface area contributed by atoms with Crippen LogP contribution in [-0.2, 0) is 9.59 Å². The number of hydrogen-bond acceptors (Lipinski definition) is 6. The van der Waals surface area contributed by atoms with E-state index in [0.29, 0.717) is 16.9 Å². The molecule has 4 rings (SSSR count). The number of halogens is 2. The van der Waals surface area contributed by atoms with E-state index in [2.05, 4.69) is 4.98 Å². The highest BCUT2D eigenvalue weighted by molar-refractivity contribution is 6.51. The molecule has 1 amide bonds. The smallest absolute Gasteiger partial charge is 0.300 e. The lowest BCUT2D eigenvalue weighted by molar-refractivity contribution is -0.132. The summed E-state index contributed by atoms with van der Waals surface area (Å²) in [6.07, 6.45) is 1.52. The lowest BCUT2D eigenvalue weighted by atomic mass is 9.97. The Balaban J connectivity index is 1.98. The molecule has 0 spiro atoms. The average Bonchev–Trinajstić information content (AvgIpc) is 3.09. The maximum atomic E-state index is 13.2. The Morgan fingerprint density at radius 2 is 1.88 bits per heavy atom. The number of aliphatic hydroxyl groups excluding tert-OH is 1. The van der Waals surface area contributed by atoms with Gasteiger partial charge in [0.2, 0.25) is 0 Å². The van der Waals surface area contributed by atoms with Crippen LogP contribution in [0.25, 0.3) is 5.76 Å². The Kier molecular flexibility index (Phi) is 6.05. The number of carbonyl (C=O) groups excluding carboxylic acids is 2. The van der Waals surface area contributed by atoms with Gasteiger partial charge in [0.25, 0.3) is 11.7 Å². The molecular formula is C24H15Cl2N3O4. The van der Waals surface area contributed by atoms with Crippen LogP contribution in [0.1, 0.15) is 22.9 Å². The Hall–Kier alpha value is -3.86. The molecule has 0 aliphatic carbocycles. The van der Waals surface area contributed by atoms with Crippen LogP contribution in [0.4, 0.5) is 5.69 Å². The average molecular weight is 480 g/mol. The molecule has 1 aliphatic heterocycles. The molecule has 2 aromatic carbocycles. The van der Waals surface area contributed by atoms with Gasteiger partial charge in [-0.05, 0) is 48.5 Å². The second-order valence-electron chi connectivity index (χ2n) is 7.05. The molecule has 0 radical (unpaired) electrons. The monoisotopic (exact) mass is 479 g/mol. The number of nitriles is 1. The first-order valence-electron chi connectivity index (χ1n) is 9.63. The number of nitrogens with zero attached hydrogens (tertiary/aromatic N) is 3. The highest BCUT2D eigenvalue weighted by Gasteiger charge is 2.48. The van der Waals surface area contributed by atoms with Crippen LogP contribution in [0, 0.1) is 11.3 Å². The summed E-state index contributed by atoms with van der Waals surface area (Å²) in [7, 11) is 1.36. The van der Waals surface area contributed by atoms with Gasteiger partial charge in [0, 0.05) is 16.9 Å². The standard InChI is InChI=1S/C24H15Cl2N3O4/c1-33-23-16(10-14(25)11-17(23)26)21(30)19-20(18-4-2-3-9-28-18)29(24(32)22(19)31)15-7-5-13(12-27)6-8-15/h2-11,20,30H,1H3/b21-19+. The second kappa shape index (κ2) is 8.94. The van der Waals surface area contributed by atoms with Gasteiger partial charge < -0.3 is 9.84 Å². The number of aromatic nitrogens is 1. The highest BCUT2D eigenvalue weighted by atomic mass is 35.5. The molecule has 164 valence electrons. The molecule has 33 heavy (non-hydrogen) atoms. The van der Waals surface area contributed by atoms with E-state index in [9.17, 15) is 14.7 Å². The Labute approximate surface area is 199 Å². The minimum atomic E-state index is -1.04. The van der Waals surface area contributed by atoms with Gasteiger partial charge >= 0.3 is 0 Å². The summed E-state index contributed by atoms with van der Waals surface area (Å²) in [6.45, 7) is 0. The third-order valence-corrected chi connectivity index (χ3v) is 5.65. The van der Waals surface area contributed by atoms with E-state index in [1.54, 1.807) is 30.3 Å². The molecule has 1 N–H and O–H groups in total. The number of anilines is 1. The second-order valence-corrected chi connectivity index (χ2v) is 7.89. The molecule has 3 aromatic rings. The zero-order valence-corrected chi connectivity index (χ0v) is 18.6. The predicted molar refractivity (Wildman–Crippen MR) is 123 cm³/mol. The summed E-state index contributed by atoms with van der Waals surface area (Å²) in [5.41, 5.74) is 0.980. The predicted octanol–water partition coefficient (Wildman–Crippen LogP) is 4.89. The molecule has 1 atom stereocenters. The van der Waals surface area contributed by atoms with E-state index in [1.807, 2.05) is 6.07 Å².